The first-order valence-electron chi connectivity index (χ1n) is 6.13. The number of ether oxygens (including phenoxy) is 1. The summed E-state index contributed by atoms with van der Waals surface area (Å²) < 4.78 is 5.31. The number of amides is 1. The van der Waals surface area contributed by atoms with Gasteiger partial charge in [-0.3, -0.25) is 9.59 Å². The highest BCUT2D eigenvalue weighted by molar-refractivity contribution is 6.11. The third-order valence-electron chi connectivity index (χ3n) is 3.08. The molecular formula is C16H15NO3. The number of para-hydroxylation sites is 1. The Bertz CT molecular complexity index is 677. The molecular weight excluding hydrogens is 254 g/mol. The number of primary amides is 1. The minimum absolute atomic E-state index is 0.208. The van der Waals surface area contributed by atoms with E-state index in [0.717, 1.165) is 5.56 Å². The highest BCUT2D eigenvalue weighted by Crippen LogP contribution is 2.33. The molecule has 1 amide bonds. The average molecular weight is 269 g/mol. The number of methoxy groups -OCH3 is 1. The molecule has 0 saturated carbocycles. The number of ketones is 1. The minimum Gasteiger partial charge on any atom is -0.496 e. The van der Waals surface area contributed by atoms with Crippen LogP contribution >= 0.6 is 0 Å². The summed E-state index contributed by atoms with van der Waals surface area (Å²) in [5.74, 6) is -0.191. The Hall–Kier alpha value is -2.62. The van der Waals surface area contributed by atoms with E-state index in [1.165, 1.54) is 6.92 Å². The van der Waals surface area contributed by atoms with Crippen molar-refractivity contribution in [3.8, 4) is 16.9 Å². The molecule has 2 aromatic carbocycles. The maximum absolute atomic E-state index is 11.9. The smallest absolute Gasteiger partial charge is 0.249 e. The molecule has 0 heterocycles. The van der Waals surface area contributed by atoms with Crippen molar-refractivity contribution < 1.29 is 14.3 Å². The van der Waals surface area contributed by atoms with Gasteiger partial charge >= 0.3 is 0 Å². The van der Waals surface area contributed by atoms with E-state index in [4.69, 9.17) is 10.5 Å². The fourth-order valence-electron chi connectivity index (χ4n) is 2.23. The average Bonchev–Trinajstić information content (AvgIpc) is 2.46. The Balaban J connectivity index is 2.77. The first-order chi connectivity index (χ1) is 9.56. The molecule has 0 aliphatic heterocycles. The van der Waals surface area contributed by atoms with Gasteiger partial charge in [-0.2, -0.15) is 0 Å². The molecule has 0 aromatic heterocycles. The van der Waals surface area contributed by atoms with Crippen molar-refractivity contribution >= 4 is 11.7 Å². The van der Waals surface area contributed by atoms with Crippen molar-refractivity contribution in [1.82, 2.24) is 0 Å². The Labute approximate surface area is 117 Å². The number of Topliss-reactive ketones (excluding diaryl/α,β-unsaturated/α-hetero) is 1. The highest BCUT2D eigenvalue weighted by atomic mass is 16.5. The highest BCUT2D eigenvalue weighted by Gasteiger charge is 2.19. The lowest BCUT2D eigenvalue weighted by molar-refractivity contribution is 0.0974. The van der Waals surface area contributed by atoms with Crippen LogP contribution in [0.2, 0.25) is 0 Å². The van der Waals surface area contributed by atoms with E-state index in [9.17, 15) is 9.59 Å². The first kappa shape index (κ1) is 13.8. The molecule has 0 spiro atoms. The molecule has 0 atom stereocenters. The predicted molar refractivity (Wildman–Crippen MR) is 77.0 cm³/mol. The zero-order chi connectivity index (χ0) is 14.7. The number of hydrogen-bond acceptors (Lipinski definition) is 3. The number of carbonyl (C=O) groups excluding carboxylic acids is 2. The molecule has 0 saturated heterocycles. The van der Waals surface area contributed by atoms with Crippen molar-refractivity contribution in [1.29, 1.82) is 0 Å². The summed E-state index contributed by atoms with van der Waals surface area (Å²) in [6, 6.07) is 12.4. The molecule has 0 aliphatic carbocycles. The molecule has 102 valence electrons. The normalized spacial score (nSPS) is 10.1. The van der Waals surface area contributed by atoms with E-state index >= 15 is 0 Å². The van der Waals surface area contributed by atoms with Crippen molar-refractivity contribution in [3.05, 3.63) is 53.6 Å². The fourth-order valence-corrected chi connectivity index (χ4v) is 2.23. The molecule has 2 rings (SSSR count). The number of benzene rings is 2. The van der Waals surface area contributed by atoms with Crippen LogP contribution in [0.3, 0.4) is 0 Å². The summed E-state index contributed by atoms with van der Waals surface area (Å²) in [4.78, 5) is 23.4. The van der Waals surface area contributed by atoms with Gasteiger partial charge in [-0.15, -0.1) is 0 Å². The lowest BCUT2D eigenvalue weighted by Gasteiger charge is -2.13. The van der Waals surface area contributed by atoms with Crippen LogP contribution in [0.25, 0.3) is 11.1 Å². The SMILES string of the molecule is COc1ccccc1-c1cccc(C(N)=O)c1C(C)=O. The van der Waals surface area contributed by atoms with E-state index in [1.807, 2.05) is 18.2 Å². The molecule has 4 nitrogen and oxygen atoms in total. The van der Waals surface area contributed by atoms with Crippen molar-refractivity contribution in [2.75, 3.05) is 7.11 Å². The van der Waals surface area contributed by atoms with Gasteiger partial charge < -0.3 is 10.5 Å². The fraction of sp³-hybridized carbons (Fsp3) is 0.125. The molecule has 0 aliphatic rings. The molecule has 2 aromatic rings. The third-order valence-corrected chi connectivity index (χ3v) is 3.08. The second-order valence-electron chi connectivity index (χ2n) is 4.35. The first-order valence-corrected chi connectivity index (χ1v) is 6.13. The summed E-state index contributed by atoms with van der Waals surface area (Å²) >= 11 is 0. The van der Waals surface area contributed by atoms with E-state index in [1.54, 1.807) is 31.4 Å². The Kier molecular flexibility index (Phi) is 3.84. The maximum atomic E-state index is 11.9. The van der Waals surface area contributed by atoms with Crippen molar-refractivity contribution in [2.45, 2.75) is 6.92 Å². The second kappa shape index (κ2) is 5.57. The van der Waals surface area contributed by atoms with E-state index < -0.39 is 5.91 Å². The largest absolute Gasteiger partial charge is 0.496 e. The van der Waals surface area contributed by atoms with Gasteiger partial charge in [0.15, 0.2) is 5.78 Å². The van der Waals surface area contributed by atoms with Gasteiger partial charge in [-0.1, -0.05) is 30.3 Å². The van der Waals surface area contributed by atoms with Crippen LogP contribution < -0.4 is 10.5 Å². The summed E-state index contributed by atoms with van der Waals surface area (Å²) in [5.41, 5.74) is 7.29. The van der Waals surface area contributed by atoms with E-state index in [2.05, 4.69) is 0 Å². The zero-order valence-electron chi connectivity index (χ0n) is 11.3. The van der Waals surface area contributed by atoms with Gasteiger partial charge in [0.1, 0.15) is 5.75 Å². The molecule has 20 heavy (non-hydrogen) atoms. The third kappa shape index (κ3) is 2.40. The van der Waals surface area contributed by atoms with Crippen LogP contribution in [0.15, 0.2) is 42.5 Å². The van der Waals surface area contributed by atoms with Gasteiger partial charge in [-0.25, -0.2) is 0 Å². The maximum Gasteiger partial charge on any atom is 0.249 e. The quantitative estimate of drug-likeness (QED) is 0.867. The topological polar surface area (TPSA) is 69.4 Å². The summed E-state index contributed by atoms with van der Waals surface area (Å²) in [5, 5.41) is 0. The second-order valence-corrected chi connectivity index (χ2v) is 4.35. The molecule has 0 fully saturated rings. The molecule has 0 bridgehead atoms. The van der Waals surface area contributed by atoms with Crippen LogP contribution in [-0.2, 0) is 0 Å². The van der Waals surface area contributed by atoms with Gasteiger partial charge in [-0.05, 0) is 24.6 Å². The van der Waals surface area contributed by atoms with Gasteiger partial charge in [0.2, 0.25) is 5.91 Å². The minimum atomic E-state index is -0.619. The standard InChI is InChI=1S/C16H15NO3/c1-10(18)15-12(7-5-8-13(15)16(17)19)11-6-3-4-9-14(11)20-2/h3-9H,1-2H3,(H2,17,19). The Morgan fingerprint density at radius 2 is 1.65 bits per heavy atom. The van der Waals surface area contributed by atoms with Crippen LogP contribution in [0.1, 0.15) is 27.6 Å². The number of rotatable bonds is 4. The summed E-state index contributed by atoms with van der Waals surface area (Å²) in [6.45, 7) is 1.42. The predicted octanol–water partition coefficient (Wildman–Crippen LogP) is 2.66. The molecule has 0 radical (unpaired) electrons. The number of nitrogens with two attached hydrogens (primary N) is 1. The molecule has 0 unspecified atom stereocenters. The lowest BCUT2D eigenvalue weighted by Crippen LogP contribution is -2.16. The van der Waals surface area contributed by atoms with Crippen LogP contribution in [0.5, 0.6) is 5.75 Å². The Morgan fingerprint density at radius 1 is 1.00 bits per heavy atom. The molecule has 4 heteroatoms. The van der Waals surface area contributed by atoms with E-state index in [-0.39, 0.29) is 11.3 Å². The van der Waals surface area contributed by atoms with Crippen molar-refractivity contribution in [3.63, 3.8) is 0 Å². The molecule has 2 N–H and O–H groups in total. The zero-order valence-corrected chi connectivity index (χ0v) is 11.3. The van der Waals surface area contributed by atoms with Gasteiger partial charge in [0, 0.05) is 11.1 Å². The van der Waals surface area contributed by atoms with E-state index in [0.29, 0.717) is 16.9 Å². The summed E-state index contributed by atoms with van der Waals surface area (Å²) in [7, 11) is 1.56. The lowest BCUT2D eigenvalue weighted by atomic mass is 9.92. The van der Waals surface area contributed by atoms with Crippen molar-refractivity contribution in [2.24, 2.45) is 5.73 Å². The monoisotopic (exact) mass is 269 g/mol. The summed E-state index contributed by atoms with van der Waals surface area (Å²) in [6.07, 6.45) is 0. The number of carbonyl (C=O) groups is 2. The van der Waals surface area contributed by atoms with Gasteiger partial charge in [0.05, 0.1) is 12.7 Å². The van der Waals surface area contributed by atoms with Crippen LogP contribution in [0, 0.1) is 0 Å². The Morgan fingerprint density at radius 3 is 2.25 bits per heavy atom. The van der Waals surface area contributed by atoms with Crippen LogP contribution in [0.4, 0.5) is 0 Å². The number of hydrogen-bond donors (Lipinski definition) is 1. The van der Waals surface area contributed by atoms with Gasteiger partial charge in [0.25, 0.3) is 0 Å². The van der Waals surface area contributed by atoms with Crippen LogP contribution in [-0.4, -0.2) is 18.8 Å².